The van der Waals surface area contributed by atoms with Gasteiger partial charge >= 0.3 is 0 Å². The van der Waals surface area contributed by atoms with Crippen molar-refractivity contribution in [2.75, 3.05) is 0 Å². The number of aromatic nitrogens is 1. The van der Waals surface area contributed by atoms with E-state index >= 15 is 0 Å². The third-order valence-electron chi connectivity index (χ3n) is 2.94. The maximum absolute atomic E-state index is 13.5. The molecule has 1 unspecified atom stereocenters. The largest absolute Gasteiger partial charge is 0.337 e. The summed E-state index contributed by atoms with van der Waals surface area (Å²) >= 11 is 0. The molecule has 2 nitrogen and oxygen atoms in total. The van der Waals surface area contributed by atoms with Crippen LogP contribution in [0.2, 0.25) is 0 Å². The van der Waals surface area contributed by atoms with E-state index in [4.69, 9.17) is 0 Å². The van der Waals surface area contributed by atoms with Crippen molar-refractivity contribution in [3.8, 4) is 0 Å². The van der Waals surface area contributed by atoms with E-state index in [0.29, 0.717) is 11.3 Å². The van der Waals surface area contributed by atoms with Crippen LogP contribution >= 0.6 is 0 Å². The summed E-state index contributed by atoms with van der Waals surface area (Å²) in [5.41, 5.74) is 0.780. The Morgan fingerprint density at radius 2 is 1.95 bits per heavy atom. The molecule has 19 heavy (non-hydrogen) atoms. The number of rotatable bonds is 4. The van der Waals surface area contributed by atoms with Gasteiger partial charge in [-0.15, -0.1) is 0 Å². The molecule has 2 aromatic rings. The Balaban J connectivity index is 0.000000861. The van der Waals surface area contributed by atoms with Crippen molar-refractivity contribution in [3.05, 3.63) is 36.3 Å². The van der Waals surface area contributed by atoms with Crippen LogP contribution in [-0.2, 0) is 4.79 Å². The van der Waals surface area contributed by atoms with E-state index in [9.17, 15) is 9.18 Å². The van der Waals surface area contributed by atoms with Gasteiger partial charge in [-0.1, -0.05) is 33.8 Å². The van der Waals surface area contributed by atoms with Crippen LogP contribution < -0.4 is 0 Å². The molecule has 2 rings (SSSR count). The second kappa shape index (κ2) is 7.07. The minimum atomic E-state index is -0.240. The molecule has 0 N–H and O–H groups in total. The van der Waals surface area contributed by atoms with E-state index in [2.05, 4.69) is 13.8 Å². The second-order valence-corrected chi connectivity index (χ2v) is 4.73. The predicted octanol–water partition coefficient (Wildman–Crippen LogP) is 4.59. The fourth-order valence-corrected chi connectivity index (χ4v) is 2.16. The van der Waals surface area contributed by atoms with Gasteiger partial charge in [-0.05, 0) is 30.5 Å². The van der Waals surface area contributed by atoms with E-state index in [0.717, 1.165) is 18.2 Å². The topological polar surface area (TPSA) is 22.0 Å². The standard InChI is InChI=1S/C14H16FNO.C2H6/c1-10(2)8-11(9-17)16-7-6-12-13(15)4-3-5-14(12)16;1-2/h3-7,9-11H,8H2,1-2H3;1-2H3. The van der Waals surface area contributed by atoms with Gasteiger partial charge < -0.3 is 9.36 Å². The molecule has 0 saturated carbocycles. The maximum Gasteiger partial charge on any atom is 0.142 e. The van der Waals surface area contributed by atoms with Crippen molar-refractivity contribution < 1.29 is 9.18 Å². The minimum absolute atomic E-state index is 0.214. The van der Waals surface area contributed by atoms with E-state index in [1.54, 1.807) is 18.3 Å². The van der Waals surface area contributed by atoms with E-state index < -0.39 is 0 Å². The average molecular weight is 263 g/mol. The molecule has 1 atom stereocenters. The zero-order chi connectivity index (χ0) is 14.4. The predicted molar refractivity (Wildman–Crippen MR) is 77.8 cm³/mol. The third kappa shape index (κ3) is 3.43. The fourth-order valence-electron chi connectivity index (χ4n) is 2.16. The monoisotopic (exact) mass is 263 g/mol. The van der Waals surface area contributed by atoms with Gasteiger partial charge in [0.1, 0.15) is 12.1 Å². The summed E-state index contributed by atoms with van der Waals surface area (Å²) in [6, 6.07) is 6.46. The number of hydrogen-bond donors (Lipinski definition) is 0. The van der Waals surface area contributed by atoms with E-state index in [1.165, 1.54) is 6.07 Å². The lowest BCUT2D eigenvalue weighted by atomic mass is 10.0. The molecule has 104 valence electrons. The molecule has 0 amide bonds. The van der Waals surface area contributed by atoms with Gasteiger partial charge in [0.15, 0.2) is 0 Å². The van der Waals surface area contributed by atoms with Crippen molar-refractivity contribution in [3.63, 3.8) is 0 Å². The second-order valence-electron chi connectivity index (χ2n) is 4.73. The lowest BCUT2D eigenvalue weighted by molar-refractivity contribution is -0.110. The summed E-state index contributed by atoms with van der Waals surface area (Å²) in [5, 5.41) is 0.572. The lowest BCUT2D eigenvalue weighted by Gasteiger charge is -2.16. The molecular weight excluding hydrogens is 241 g/mol. The molecule has 1 heterocycles. The molecule has 0 aliphatic carbocycles. The molecule has 1 aromatic heterocycles. The van der Waals surface area contributed by atoms with Gasteiger partial charge in [0, 0.05) is 11.6 Å². The number of hydrogen-bond acceptors (Lipinski definition) is 1. The van der Waals surface area contributed by atoms with Gasteiger partial charge in [-0.3, -0.25) is 0 Å². The summed E-state index contributed by atoms with van der Waals surface area (Å²) in [6.07, 6.45) is 3.49. The van der Waals surface area contributed by atoms with Gasteiger partial charge in [0.25, 0.3) is 0 Å². The number of halogens is 1. The Bertz CT molecular complexity index is 531. The number of carbonyl (C=O) groups excluding carboxylic acids is 1. The molecule has 0 aliphatic rings. The summed E-state index contributed by atoms with van der Waals surface area (Å²) in [4.78, 5) is 11.2. The quantitative estimate of drug-likeness (QED) is 0.739. The zero-order valence-corrected chi connectivity index (χ0v) is 12.1. The lowest BCUT2D eigenvalue weighted by Crippen LogP contribution is -2.11. The molecule has 0 radical (unpaired) electrons. The van der Waals surface area contributed by atoms with Crippen molar-refractivity contribution in [2.45, 2.75) is 40.2 Å². The van der Waals surface area contributed by atoms with Crippen molar-refractivity contribution in [2.24, 2.45) is 5.92 Å². The van der Waals surface area contributed by atoms with Crippen LogP contribution in [0.1, 0.15) is 40.2 Å². The molecule has 0 aliphatic heterocycles. The number of nitrogens with zero attached hydrogens (tertiary/aromatic N) is 1. The first kappa shape index (κ1) is 15.4. The van der Waals surface area contributed by atoms with Crippen LogP contribution in [0.25, 0.3) is 10.9 Å². The fraction of sp³-hybridized carbons (Fsp3) is 0.438. The van der Waals surface area contributed by atoms with E-state index in [-0.39, 0.29) is 11.9 Å². The van der Waals surface area contributed by atoms with Crippen LogP contribution in [0.4, 0.5) is 4.39 Å². The Labute approximate surface area is 114 Å². The first-order chi connectivity index (χ1) is 9.13. The number of fused-ring (bicyclic) bond motifs is 1. The summed E-state index contributed by atoms with van der Waals surface area (Å²) in [6.45, 7) is 8.14. The molecule has 0 saturated heterocycles. The molecule has 3 heteroatoms. The summed E-state index contributed by atoms with van der Waals surface area (Å²) in [7, 11) is 0. The Morgan fingerprint density at radius 1 is 1.26 bits per heavy atom. The van der Waals surface area contributed by atoms with Crippen LogP contribution in [0, 0.1) is 11.7 Å². The minimum Gasteiger partial charge on any atom is -0.337 e. The van der Waals surface area contributed by atoms with Crippen LogP contribution in [0.3, 0.4) is 0 Å². The first-order valence-electron chi connectivity index (χ1n) is 6.84. The molecule has 0 spiro atoms. The average Bonchev–Trinajstić information content (AvgIpc) is 2.83. The van der Waals surface area contributed by atoms with Crippen molar-refractivity contribution >= 4 is 17.2 Å². The highest BCUT2D eigenvalue weighted by Crippen LogP contribution is 2.25. The summed E-state index contributed by atoms with van der Waals surface area (Å²) in [5.74, 6) is 0.187. The van der Waals surface area contributed by atoms with Gasteiger partial charge in [0.2, 0.25) is 0 Å². The van der Waals surface area contributed by atoms with Crippen molar-refractivity contribution in [1.82, 2.24) is 4.57 Å². The molecule has 1 aromatic carbocycles. The third-order valence-corrected chi connectivity index (χ3v) is 2.94. The van der Waals surface area contributed by atoms with Crippen LogP contribution in [-0.4, -0.2) is 10.9 Å². The van der Waals surface area contributed by atoms with Crippen LogP contribution in [0.5, 0.6) is 0 Å². The number of aldehydes is 1. The SMILES string of the molecule is CC.CC(C)CC(C=O)n1ccc2c(F)cccc21. The van der Waals surface area contributed by atoms with Crippen LogP contribution in [0.15, 0.2) is 30.5 Å². The smallest absolute Gasteiger partial charge is 0.142 e. The number of carbonyl (C=O) groups is 1. The number of benzene rings is 1. The summed E-state index contributed by atoms with van der Waals surface area (Å²) < 4.78 is 15.4. The highest BCUT2D eigenvalue weighted by molar-refractivity contribution is 5.82. The molecule has 0 bridgehead atoms. The van der Waals surface area contributed by atoms with E-state index in [1.807, 2.05) is 24.5 Å². The highest BCUT2D eigenvalue weighted by Gasteiger charge is 2.14. The van der Waals surface area contributed by atoms with Gasteiger partial charge in [0.05, 0.1) is 11.6 Å². The van der Waals surface area contributed by atoms with Gasteiger partial charge in [-0.25, -0.2) is 4.39 Å². The first-order valence-corrected chi connectivity index (χ1v) is 6.84. The molecular formula is C16H22FNO. The Morgan fingerprint density at radius 3 is 2.53 bits per heavy atom. The molecule has 0 fully saturated rings. The Hall–Kier alpha value is -1.64. The Kier molecular flexibility index (Phi) is 5.74. The van der Waals surface area contributed by atoms with Gasteiger partial charge in [-0.2, -0.15) is 0 Å². The highest BCUT2D eigenvalue weighted by atomic mass is 19.1. The normalized spacial score (nSPS) is 12.1. The zero-order valence-electron chi connectivity index (χ0n) is 12.1. The maximum atomic E-state index is 13.5. The van der Waals surface area contributed by atoms with Crippen molar-refractivity contribution in [1.29, 1.82) is 0 Å².